The fraction of sp³-hybridized carbons (Fsp3) is 0.767. The predicted octanol–water partition coefficient (Wildman–Crippen LogP) is -2.98. The molecule has 2 aromatic heterocycles. The molecule has 2 unspecified atom stereocenters. The third-order valence-electron chi connectivity index (χ3n) is 7.70. The maximum atomic E-state index is 5.99. The van der Waals surface area contributed by atoms with Gasteiger partial charge in [0, 0.05) is 44.4 Å². The van der Waals surface area contributed by atoms with Gasteiger partial charge in [0.2, 0.25) is 0 Å². The van der Waals surface area contributed by atoms with Gasteiger partial charge in [-0.15, -0.1) is 0 Å². The zero-order chi connectivity index (χ0) is 33.9. The number of hydrogen-bond donors (Lipinski definition) is 0. The topological polar surface area (TPSA) is 100 Å². The molecule has 2 atom stereocenters. The van der Waals surface area contributed by atoms with Gasteiger partial charge in [-0.1, -0.05) is 0 Å². The molecule has 0 aliphatic carbocycles. The Morgan fingerprint density at radius 1 is 0.771 bits per heavy atom. The van der Waals surface area contributed by atoms with Crippen LogP contribution in [-0.2, 0) is 32.7 Å². The summed E-state index contributed by atoms with van der Waals surface area (Å²) in [6, 6.07) is 0. The molecule has 2 aromatic rings. The van der Waals surface area contributed by atoms with E-state index in [2.05, 4.69) is 26.1 Å². The number of ether oxygens (including phenoxy) is 2. The van der Waals surface area contributed by atoms with E-state index in [0.29, 0.717) is 13.2 Å². The number of halogens is 3. The summed E-state index contributed by atoms with van der Waals surface area (Å²) < 4.78 is 43.2. The molecular formula is C30H56B2BrCl2LiMgN4O7. The first-order valence-electron chi connectivity index (χ1n) is 15.3. The van der Waals surface area contributed by atoms with Gasteiger partial charge in [-0.2, -0.15) is 24.0 Å². The van der Waals surface area contributed by atoms with E-state index in [1.165, 1.54) is 0 Å². The molecule has 11 nitrogen and oxygen atoms in total. The Morgan fingerprint density at radius 3 is 1.44 bits per heavy atom. The number of nitrogens with zero attached hydrogens (tertiary/aromatic N) is 4. The van der Waals surface area contributed by atoms with Crippen LogP contribution >= 0.6 is 15.9 Å². The maximum Gasteiger partial charge on any atom is 2.00 e. The summed E-state index contributed by atoms with van der Waals surface area (Å²) in [5.74, 6) is 0. The van der Waals surface area contributed by atoms with Gasteiger partial charge in [0.05, 0.1) is 33.1 Å². The van der Waals surface area contributed by atoms with E-state index in [1.807, 2.05) is 116 Å². The fourth-order valence-electron chi connectivity index (χ4n) is 3.69. The van der Waals surface area contributed by atoms with Crippen LogP contribution in [0.3, 0.4) is 0 Å². The van der Waals surface area contributed by atoms with E-state index in [0.717, 1.165) is 9.94 Å². The molecule has 2 fully saturated rings. The molecule has 0 saturated carbocycles. The first kappa shape index (κ1) is 55.4. The second-order valence-corrected chi connectivity index (χ2v) is 13.4. The van der Waals surface area contributed by atoms with Crippen LogP contribution in [0.4, 0.5) is 0 Å². The van der Waals surface area contributed by atoms with Gasteiger partial charge in [0.15, 0.2) is 0 Å². The van der Waals surface area contributed by atoms with E-state index in [1.54, 1.807) is 28.9 Å². The summed E-state index contributed by atoms with van der Waals surface area (Å²) in [6.07, 6.45) is 9.27. The monoisotopic (exact) mass is 786 g/mol. The number of hydrogen-bond acceptors (Lipinski definition) is 9. The smallest absolute Gasteiger partial charge is 1.00 e. The molecule has 0 spiro atoms. The van der Waals surface area contributed by atoms with Crippen LogP contribution in [0, 0.1) is 6.42 Å². The molecule has 0 aromatic carbocycles. The quantitative estimate of drug-likeness (QED) is 0.205. The summed E-state index contributed by atoms with van der Waals surface area (Å²) in [5.41, 5.74) is -0.303. The van der Waals surface area contributed by atoms with Crippen molar-refractivity contribution >= 4 is 58.9 Å². The maximum absolute atomic E-state index is 5.99. The summed E-state index contributed by atoms with van der Waals surface area (Å²) in [6.45, 7) is 29.4. The zero-order valence-electron chi connectivity index (χ0n) is 32.1. The minimum Gasteiger partial charge on any atom is -1.00 e. The van der Waals surface area contributed by atoms with Crippen molar-refractivity contribution < 1.29 is 76.4 Å². The van der Waals surface area contributed by atoms with Crippen molar-refractivity contribution in [3.63, 3.8) is 0 Å². The van der Waals surface area contributed by atoms with Crippen molar-refractivity contribution in [3.05, 3.63) is 35.7 Å². The summed E-state index contributed by atoms with van der Waals surface area (Å²) in [5, 5.41) is 8.39. The molecule has 4 rings (SSSR count). The number of aromatic nitrogens is 4. The normalized spacial score (nSPS) is 18.8. The average molecular weight is 788 g/mol. The van der Waals surface area contributed by atoms with Crippen LogP contribution in [0.15, 0.2) is 29.3 Å². The molecule has 0 radical (unpaired) electrons. The van der Waals surface area contributed by atoms with Gasteiger partial charge in [-0.05, 0) is 99.0 Å². The van der Waals surface area contributed by atoms with Crippen LogP contribution in [0.5, 0.6) is 0 Å². The molecule has 4 heterocycles. The SMILES string of the molecule is CCOC(C)n1cc(B2OC(C)(C)C(C)(C)O2)cn1.CCOC(C)n1cc(Br)cn1.COB1OC(C)(C)C(C)(C)O1.C[CH-]C.[Cl-].[Cl-].[Li+].[Mg+2]. The molecule has 48 heavy (non-hydrogen) atoms. The zero-order valence-corrected chi connectivity index (χ0v) is 36.6. The van der Waals surface area contributed by atoms with E-state index in [4.69, 9.17) is 32.7 Å². The summed E-state index contributed by atoms with van der Waals surface area (Å²) >= 11 is 3.31. The Hall–Kier alpha value is 0.694. The average Bonchev–Trinajstić information content (AvgIpc) is 3.66. The molecule has 2 saturated heterocycles. The Balaban J connectivity index is -0.000000292. The summed E-state index contributed by atoms with van der Waals surface area (Å²) in [4.78, 5) is 0. The Morgan fingerprint density at radius 2 is 1.12 bits per heavy atom. The number of rotatable bonds is 8. The van der Waals surface area contributed by atoms with E-state index < -0.39 is 7.32 Å². The van der Waals surface area contributed by atoms with Crippen molar-refractivity contribution in [2.24, 2.45) is 0 Å². The van der Waals surface area contributed by atoms with Crippen molar-refractivity contribution in [3.8, 4) is 0 Å². The fourth-order valence-corrected chi connectivity index (χ4v) is 3.99. The molecule has 268 valence electrons. The van der Waals surface area contributed by atoms with Crippen LogP contribution in [0.25, 0.3) is 0 Å². The minimum atomic E-state index is -0.514. The van der Waals surface area contributed by atoms with Crippen LogP contribution < -0.4 is 49.1 Å². The van der Waals surface area contributed by atoms with Crippen molar-refractivity contribution in [1.82, 2.24) is 19.6 Å². The Bertz CT molecular complexity index is 1090. The van der Waals surface area contributed by atoms with Gasteiger partial charge in [-0.25, -0.2) is 9.36 Å². The Labute approximate surface area is 340 Å². The minimum absolute atomic E-state index is 0. The standard InChI is InChI=1S/C13H23BN2O3.C7H15BO3.C7H11BrN2O.C3H7.2ClH.Li.Mg/c1-7-17-10(2)16-9-11(8-15-16)14-18-12(3,4)13(5,6)19-14;1-6(2)7(3,4)11-8(9-5)10-6;1-3-11-6(2)10-5-7(8)4-9-10;1-3-2;;;;/h8-10H,7H2,1-6H3;1-5H3;4-6H,3H2,1-2H3;3H,1-2H3;2*1H;;/q;;;-1;;;+1;+2/p-2. The summed E-state index contributed by atoms with van der Waals surface area (Å²) in [7, 11) is 0.690. The van der Waals surface area contributed by atoms with Crippen LogP contribution in [0.1, 0.15) is 109 Å². The molecular weight excluding hydrogens is 732 g/mol. The molecule has 2 aliphatic rings. The van der Waals surface area contributed by atoms with E-state index in [9.17, 15) is 0 Å². The largest absolute Gasteiger partial charge is 2.00 e. The van der Waals surface area contributed by atoms with Gasteiger partial charge >= 0.3 is 56.4 Å². The molecule has 0 bridgehead atoms. The van der Waals surface area contributed by atoms with Crippen molar-refractivity contribution in [2.75, 3.05) is 20.3 Å². The van der Waals surface area contributed by atoms with Crippen LogP contribution in [-0.4, -0.2) is 99.8 Å². The molecule has 18 heteroatoms. The van der Waals surface area contributed by atoms with Crippen molar-refractivity contribution in [1.29, 1.82) is 0 Å². The van der Waals surface area contributed by atoms with Crippen molar-refractivity contribution in [2.45, 2.75) is 132 Å². The second-order valence-electron chi connectivity index (χ2n) is 12.4. The first-order valence-corrected chi connectivity index (χ1v) is 16.1. The Kier molecular flexibility index (Phi) is 28.7. The van der Waals surface area contributed by atoms with Crippen LogP contribution in [0.2, 0.25) is 0 Å². The third kappa shape index (κ3) is 16.6. The van der Waals surface area contributed by atoms with Gasteiger partial charge in [0.25, 0.3) is 0 Å². The van der Waals surface area contributed by atoms with Gasteiger partial charge < -0.3 is 64.0 Å². The second kappa shape index (κ2) is 24.8. The van der Waals surface area contributed by atoms with E-state index >= 15 is 0 Å². The molecule has 0 N–H and O–H groups in total. The first-order chi connectivity index (χ1) is 20.3. The molecule has 2 aliphatic heterocycles. The molecule has 0 amide bonds. The van der Waals surface area contributed by atoms with E-state index in [-0.39, 0.29) is 109 Å². The van der Waals surface area contributed by atoms with Gasteiger partial charge in [-0.3, -0.25) is 0 Å². The third-order valence-corrected chi connectivity index (χ3v) is 8.11. The predicted molar refractivity (Wildman–Crippen MR) is 185 cm³/mol. The van der Waals surface area contributed by atoms with Gasteiger partial charge in [0.1, 0.15) is 12.5 Å².